The maximum atomic E-state index is 10.9. The fraction of sp³-hybridized carbons (Fsp3) is 0.571. The first-order chi connectivity index (χ1) is 4.95. The highest BCUT2D eigenvalue weighted by molar-refractivity contribution is 5.86. The number of nitrogens with zero attached hydrogens (tertiary/aromatic N) is 1. The Morgan fingerprint density at radius 1 is 1.73 bits per heavy atom. The summed E-state index contributed by atoms with van der Waals surface area (Å²) in [4.78, 5) is 10.6. The van der Waals surface area contributed by atoms with Crippen LogP contribution < -0.4 is 5.32 Å². The predicted octanol–water partition coefficient (Wildman–Crippen LogP) is -0.137. The molecule has 4 heteroatoms. The molecule has 0 aromatic carbocycles. The molecule has 4 nitrogen and oxygen atoms in total. The standard InChI is InChI=1S/C7H14N2O2/c1-4-7(10)8-5-6-9(2,3)11/h4H,1,5-6H2,2-3H3,(H,8,10). The number of carbonyl (C=O) groups excluding carboxylic acids is 1. The summed E-state index contributed by atoms with van der Waals surface area (Å²) in [6.45, 7) is 4.05. The van der Waals surface area contributed by atoms with Crippen LogP contribution in [0.3, 0.4) is 0 Å². The van der Waals surface area contributed by atoms with Gasteiger partial charge in [-0.25, -0.2) is 0 Å². The molecule has 0 spiro atoms. The molecule has 0 aromatic heterocycles. The van der Waals surface area contributed by atoms with Gasteiger partial charge in [-0.1, -0.05) is 6.58 Å². The van der Waals surface area contributed by atoms with Crippen LogP contribution in [0.1, 0.15) is 0 Å². The van der Waals surface area contributed by atoms with E-state index < -0.39 is 4.65 Å². The van der Waals surface area contributed by atoms with E-state index in [9.17, 15) is 10.0 Å². The summed E-state index contributed by atoms with van der Waals surface area (Å²) in [5.74, 6) is -0.238. The lowest BCUT2D eigenvalue weighted by molar-refractivity contribution is -0.838. The highest BCUT2D eigenvalue weighted by Gasteiger charge is 2.01. The van der Waals surface area contributed by atoms with Gasteiger partial charge in [0.05, 0.1) is 27.2 Å². The van der Waals surface area contributed by atoms with Gasteiger partial charge in [-0.05, 0) is 6.08 Å². The molecular formula is C7H14N2O2. The number of amides is 1. The molecule has 0 aliphatic heterocycles. The molecule has 0 aliphatic carbocycles. The van der Waals surface area contributed by atoms with Crippen molar-refractivity contribution >= 4 is 5.91 Å². The minimum atomic E-state index is -0.391. The van der Waals surface area contributed by atoms with Crippen molar-refractivity contribution in [3.63, 3.8) is 0 Å². The van der Waals surface area contributed by atoms with Crippen LogP contribution in [-0.2, 0) is 4.79 Å². The number of hydroxylamine groups is 3. The molecular weight excluding hydrogens is 144 g/mol. The van der Waals surface area contributed by atoms with Crippen LogP contribution in [0.5, 0.6) is 0 Å². The van der Waals surface area contributed by atoms with Crippen LogP contribution in [0.25, 0.3) is 0 Å². The molecule has 0 aromatic rings. The first-order valence-electron chi connectivity index (χ1n) is 3.40. The zero-order chi connectivity index (χ0) is 8.91. The van der Waals surface area contributed by atoms with Crippen LogP contribution in [0.15, 0.2) is 12.7 Å². The molecule has 0 saturated heterocycles. The molecule has 1 N–H and O–H groups in total. The quantitative estimate of drug-likeness (QED) is 0.352. The Hall–Kier alpha value is -0.870. The predicted molar refractivity (Wildman–Crippen MR) is 43.5 cm³/mol. The van der Waals surface area contributed by atoms with Crippen molar-refractivity contribution in [1.29, 1.82) is 0 Å². The highest BCUT2D eigenvalue weighted by Crippen LogP contribution is 1.88. The average Bonchev–Trinajstić information content (AvgIpc) is 1.85. The van der Waals surface area contributed by atoms with Crippen LogP contribution in [0.4, 0.5) is 0 Å². The Balaban J connectivity index is 3.42. The summed E-state index contributed by atoms with van der Waals surface area (Å²) in [6, 6.07) is 0. The summed E-state index contributed by atoms with van der Waals surface area (Å²) in [7, 11) is 3.06. The van der Waals surface area contributed by atoms with Gasteiger partial charge in [0.2, 0.25) is 5.91 Å². The number of likely N-dealkylation sites (N-methyl/N-ethyl adjacent to an activating group) is 1. The van der Waals surface area contributed by atoms with E-state index in [1.54, 1.807) is 0 Å². The van der Waals surface area contributed by atoms with Crippen molar-refractivity contribution in [2.24, 2.45) is 0 Å². The summed E-state index contributed by atoms with van der Waals surface area (Å²) >= 11 is 0. The number of hydrogen-bond acceptors (Lipinski definition) is 2. The molecule has 0 aliphatic rings. The number of carbonyl (C=O) groups is 1. The molecule has 0 saturated carbocycles. The summed E-state index contributed by atoms with van der Waals surface area (Å²) in [6.07, 6.45) is 1.19. The molecule has 64 valence electrons. The molecule has 0 rings (SSSR count). The third-order valence-corrected chi connectivity index (χ3v) is 1.13. The lowest BCUT2D eigenvalue weighted by Gasteiger charge is -2.33. The molecule has 0 fully saturated rings. The van der Waals surface area contributed by atoms with Crippen molar-refractivity contribution in [3.8, 4) is 0 Å². The largest absolute Gasteiger partial charge is 0.633 e. The van der Waals surface area contributed by atoms with E-state index in [4.69, 9.17) is 0 Å². The molecule has 0 radical (unpaired) electrons. The highest BCUT2D eigenvalue weighted by atomic mass is 16.5. The Morgan fingerprint density at radius 3 is 2.64 bits per heavy atom. The van der Waals surface area contributed by atoms with Crippen LogP contribution in [0.2, 0.25) is 0 Å². The number of nitrogens with one attached hydrogen (secondary N) is 1. The second-order valence-corrected chi connectivity index (χ2v) is 2.79. The first-order valence-corrected chi connectivity index (χ1v) is 3.40. The van der Waals surface area contributed by atoms with Gasteiger partial charge in [-0.3, -0.25) is 4.79 Å². The van der Waals surface area contributed by atoms with Crippen LogP contribution >= 0.6 is 0 Å². The topological polar surface area (TPSA) is 52.2 Å². The molecule has 0 atom stereocenters. The SMILES string of the molecule is C=CC(=O)NCC[N+](C)(C)[O-]. The van der Waals surface area contributed by atoms with Crippen molar-refractivity contribution in [2.75, 3.05) is 27.2 Å². The van der Waals surface area contributed by atoms with Gasteiger partial charge in [-0.15, -0.1) is 0 Å². The first kappa shape index (κ1) is 10.1. The molecule has 0 unspecified atom stereocenters. The number of hydrogen-bond donors (Lipinski definition) is 1. The van der Waals surface area contributed by atoms with E-state index in [0.29, 0.717) is 13.1 Å². The second kappa shape index (κ2) is 4.10. The zero-order valence-electron chi connectivity index (χ0n) is 6.96. The Morgan fingerprint density at radius 2 is 2.27 bits per heavy atom. The minimum Gasteiger partial charge on any atom is -0.633 e. The van der Waals surface area contributed by atoms with Crippen LogP contribution in [-0.4, -0.2) is 37.7 Å². The summed E-state index contributed by atoms with van der Waals surface area (Å²) < 4.78 is -0.391. The van der Waals surface area contributed by atoms with Crippen molar-refractivity contribution in [1.82, 2.24) is 5.32 Å². The van der Waals surface area contributed by atoms with E-state index in [2.05, 4.69) is 11.9 Å². The maximum absolute atomic E-state index is 10.9. The minimum absolute atomic E-state index is 0.238. The average molecular weight is 158 g/mol. The van der Waals surface area contributed by atoms with Gasteiger partial charge < -0.3 is 15.2 Å². The van der Waals surface area contributed by atoms with Crippen molar-refractivity contribution < 1.29 is 9.44 Å². The maximum Gasteiger partial charge on any atom is 0.243 e. The third kappa shape index (κ3) is 7.02. The Labute approximate surface area is 66.7 Å². The Bertz CT molecular complexity index is 149. The monoisotopic (exact) mass is 158 g/mol. The van der Waals surface area contributed by atoms with E-state index in [0.717, 1.165) is 0 Å². The molecule has 0 bridgehead atoms. The van der Waals surface area contributed by atoms with Gasteiger partial charge in [-0.2, -0.15) is 0 Å². The smallest absolute Gasteiger partial charge is 0.243 e. The van der Waals surface area contributed by atoms with Gasteiger partial charge in [0, 0.05) is 0 Å². The fourth-order valence-corrected chi connectivity index (χ4v) is 0.521. The van der Waals surface area contributed by atoms with E-state index in [-0.39, 0.29) is 5.91 Å². The van der Waals surface area contributed by atoms with E-state index in [1.807, 2.05) is 0 Å². The lowest BCUT2D eigenvalue weighted by atomic mass is 10.5. The lowest BCUT2D eigenvalue weighted by Crippen LogP contribution is -2.40. The number of rotatable bonds is 4. The van der Waals surface area contributed by atoms with Crippen molar-refractivity contribution in [2.45, 2.75) is 0 Å². The fourth-order valence-electron chi connectivity index (χ4n) is 0.521. The zero-order valence-corrected chi connectivity index (χ0v) is 6.96. The van der Waals surface area contributed by atoms with Crippen LogP contribution in [0, 0.1) is 5.21 Å². The normalized spacial score (nSPS) is 10.8. The van der Waals surface area contributed by atoms with Gasteiger partial charge in [0.25, 0.3) is 0 Å². The molecule has 0 heterocycles. The summed E-state index contributed by atoms with van der Waals surface area (Å²) in [5.41, 5.74) is 0. The van der Waals surface area contributed by atoms with Gasteiger partial charge in [0.15, 0.2) is 0 Å². The van der Waals surface area contributed by atoms with Gasteiger partial charge >= 0.3 is 0 Å². The molecule has 1 amide bonds. The molecule has 11 heavy (non-hydrogen) atoms. The number of quaternary nitrogens is 1. The van der Waals surface area contributed by atoms with E-state index in [1.165, 1.54) is 20.2 Å². The Kier molecular flexibility index (Phi) is 3.78. The van der Waals surface area contributed by atoms with E-state index >= 15 is 0 Å². The third-order valence-electron chi connectivity index (χ3n) is 1.13. The van der Waals surface area contributed by atoms with Gasteiger partial charge in [0.1, 0.15) is 0 Å². The second-order valence-electron chi connectivity index (χ2n) is 2.79. The summed E-state index contributed by atoms with van der Waals surface area (Å²) in [5, 5.41) is 13.4. The van der Waals surface area contributed by atoms with Crippen molar-refractivity contribution in [3.05, 3.63) is 17.9 Å².